The zero-order valence-corrected chi connectivity index (χ0v) is 14.5. The van der Waals surface area contributed by atoms with E-state index in [1.54, 1.807) is 28.6 Å². The molecule has 0 spiro atoms. The van der Waals surface area contributed by atoms with Crippen molar-refractivity contribution in [3.63, 3.8) is 0 Å². The Bertz CT molecular complexity index is 608. The zero-order chi connectivity index (χ0) is 16.0. The number of nitrogens with zero attached hydrogens (tertiary/aromatic N) is 2. The maximum absolute atomic E-state index is 12.7. The molecule has 2 aliphatic heterocycles. The molecule has 0 radical (unpaired) electrons. The fraction of sp³-hybridized carbons (Fsp3) is 0.647. The second kappa shape index (κ2) is 5.62. The van der Waals surface area contributed by atoms with Gasteiger partial charge >= 0.3 is 0 Å². The fourth-order valence-electron chi connectivity index (χ4n) is 3.78. The van der Waals surface area contributed by atoms with Crippen LogP contribution in [0.5, 0.6) is 0 Å². The van der Waals surface area contributed by atoms with E-state index < -0.39 is 10.0 Å². The first-order chi connectivity index (χ1) is 10.3. The molecule has 0 bridgehead atoms. The van der Waals surface area contributed by atoms with Gasteiger partial charge in [-0.25, -0.2) is 8.42 Å². The van der Waals surface area contributed by atoms with Crippen LogP contribution in [-0.2, 0) is 10.0 Å². The molecular formula is C17H26N2O2S. The van der Waals surface area contributed by atoms with Crippen molar-refractivity contribution in [3.05, 3.63) is 30.3 Å². The summed E-state index contributed by atoms with van der Waals surface area (Å²) in [5, 5.41) is 0. The lowest BCUT2D eigenvalue weighted by molar-refractivity contribution is 0.209. The molecule has 2 heterocycles. The first-order valence-corrected chi connectivity index (χ1v) is 9.47. The van der Waals surface area contributed by atoms with E-state index in [4.69, 9.17) is 0 Å². The predicted molar refractivity (Wildman–Crippen MR) is 88.1 cm³/mol. The van der Waals surface area contributed by atoms with Crippen LogP contribution >= 0.6 is 0 Å². The fourth-order valence-corrected chi connectivity index (χ4v) is 5.36. The third kappa shape index (κ3) is 3.21. The lowest BCUT2D eigenvalue weighted by Crippen LogP contribution is -2.36. The number of rotatable bonds is 3. The SMILES string of the molecule is CC(C)(C)CN1CC2CN(S(=O)(=O)c3ccccc3)CC2C1. The highest BCUT2D eigenvalue weighted by Gasteiger charge is 2.44. The van der Waals surface area contributed by atoms with Crippen molar-refractivity contribution in [3.8, 4) is 0 Å². The molecule has 2 fully saturated rings. The van der Waals surface area contributed by atoms with Crippen molar-refractivity contribution in [1.82, 2.24) is 9.21 Å². The lowest BCUT2D eigenvalue weighted by Gasteiger charge is -2.27. The molecule has 0 aromatic heterocycles. The summed E-state index contributed by atoms with van der Waals surface area (Å²) in [7, 11) is -3.32. The van der Waals surface area contributed by atoms with Crippen LogP contribution in [0.25, 0.3) is 0 Å². The Labute approximate surface area is 134 Å². The van der Waals surface area contributed by atoms with Gasteiger partial charge in [0.1, 0.15) is 0 Å². The van der Waals surface area contributed by atoms with Crippen molar-refractivity contribution in [2.75, 3.05) is 32.7 Å². The molecule has 122 valence electrons. The number of likely N-dealkylation sites (tertiary alicyclic amines) is 1. The Balaban J connectivity index is 1.66. The molecule has 0 saturated carbocycles. The average Bonchev–Trinajstić information content (AvgIpc) is 2.96. The highest BCUT2D eigenvalue weighted by molar-refractivity contribution is 7.89. The molecule has 1 aromatic rings. The van der Waals surface area contributed by atoms with Crippen molar-refractivity contribution in [1.29, 1.82) is 0 Å². The van der Waals surface area contributed by atoms with Crippen LogP contribution in [0.3, 0.4) is 0 Å². The van der Waals surface area contributed by atoms with E-state index in [2.05, 4.69) is 25.7 Å². The molecular weight excluding hydrogens is 296 g/mol. The molecule has 2 unspecified atom stereocenters. The molecule has 5 heteroatoms. The van der Waals surface area contributed by atoms with Crippen molar-refractivity contribution in [2.45, 2.75) is 25.7 Å². The topological polar surface area (TPSA) is 40.6 Å². The summed E-state index contributed by atoms with van der Waals surface area (Å²) in [5.41, 5.74) is 0.300. The van der Waals surface area contributed by atoms with Crippen LogP contribution in [0.1, 0.15) is 20.8 Å². The lowest BCUT2D eigenvalue weighted by atomic mass is 9.96. The third-order valence-electron chi connectivity index (χ3n) is 4.61. The van der Waals surface area contributed by atoms with Crippen LogP contribution in [0.4, 0.5) is 0 Å². The Kier molecular flexibility index (Phi) is 4.08. The van der Waals surface area contributed by atoms with Gasteiger partial charge in [-0.15, -0.1) is 0 Å². The van der Waals surface area contributed by atoms with E-state index in [0.29, 0.717) is 35.2 Å². The van der Waals surface area contributed by atoms with E-state index in [1.807, 2.05) is 6.07 Å². The maximum atomic E-state index is 12.7. The molecule has 0 N–H and O–H groups in total. The normalized spacial score (nSPS) is 27.2. The van der Waals surface area contributed by atoms with Crippen LogP contribution < -0.4 is 0 Å². The molecule has 2 saturated heterocycles. The number of hydrogen-bond donors (Lipinski definition) is 0. The smallest absolute Gasteiger partial charge is 0.243 e. The minimum Gasteiger partial charge on any atom is -0.302 e. The highest BCUT2D eigenvalue weighted by atomic mass is 32.2. The first kappa shape index (κ1) is 16.0. The van der Waals surface area contributed by atoms with Gasteiger partial charge in [0.05, 0.1) is 4.90 Å². The zero-order valence-electron chi connectivity index (χ0n) is 13.7. The van der Waals surface area contributed by atoms with Crippen LogP contribution in [0.2, 0.25) is 0 Å². The summed E-state index contributed by atoms with van der Waals surface area (Å²) in [6, 6.07) is 8.80. The molecule has 1 aromatic carbocycles. The minimum absolute atomic E-state index is 0.300. The van der Waals surface area contributed by atoms with Gasteiger partial charge in [0, 0.05) is 32.7 Å². The molecule has 0 amide bonds. The summed E-state index contributed by atoms with van der Waals surface area (Å²) in [6.45, 7) is 11.3. The van der Waals surface area contributed by atoms with E-state index in [0.717, 1.165) is 19.6 Å². The van der Waals surface area contributed by atoms with Gasteiger partial charge in [-0.1, -0.05) is 39.0 Å². The van der Waals surface area contributed by atoms with E-state index in [-0.39, 0.29) is 0 Å². The van der Waals surface area contributed by atoms with E-state index in [9.17, 15) is 8.42 Å². The number of benzene rings is 1. The van der Waals surface area contributed by atoms with Crippen molar-refractivity contribution >= 4 is 10.0 Å². The number of hydrogen-bond acceptors (Lipinski definition) is 3. The van der Waals surface area contributed by atoms with Crippen molar-refractivity contribution in [2.24, 2.45) is 17.3 Å². The van der Waals surface area contributed by atoms with E-state index >= 15 is 0 Å². The van der Waals surface area contributed by atoms with Gasteiger partial charge in [0.2, 0.25) is 10.0 Å². The van der Waals surface area contributed by atoms with Crippen LogP contribution in [0.15, 0.2) is 35.2 Å². The molecule has 0 aliphatic carbocycles. The molecule has 22 heavy (non-hydrogen) atoms. The summed E-state index contributed by atoms with van der Waals surface area (Å²) in [4.78, 5) is 2.92. The molecule has 3 rings (SSSR count). The van der Waals surface area contributed by atoms with Gasteiger partial charge in [0.25, 0.3) is 0 Å². The first-order valence-electron chi connectivity index (χ1n) is 8.03. The largest absolute Gasteiger partial charge is 0.302 e. The molecule has 2 aliphatic rings. The summed E-state index contributed by atoms with van der Waals surface area (Å²) >= 11 is 0. The standard InChI is InChI=1S/C17H26N2O2S/c1-17(2,3)13-18-9-14-11-19(12-15(14)10-18)22(20,21)16-7-5-4-6-8-16/h4-8,14-15H,9-13H2,1-3H3. The molecule has 2 atom stereocenters. The monoisotopic (exact) mass is 322 g/mol. The Morgan fingerprint density at radius 2 is 1.55 bits per heavy atom. The van der Waals surface area contributed by atoms with Crippen LogP contribution in [-0.4, -0.2) is 50.3 Å². The van der Waals surface area contributed by atoms with Gasteiger partial charge in [-0.2, -0.15) is 4.31 Å². The second-order valence-corrected chi connectivity index (χ2v) is 9.85. The molecule has 4 nitrogen and oxygen atoms in total. The third-order valence-corrected chi connectivity index (χ3v) is 6.45. The number of sulfonamides is 1. The predicted octanol–water partition coefficient (Wildman–Crippen LogP) is 2.29. The van der Waals surface area contributed by atoms with Gasteiger partial charge in [-0.05, 0) is 29.4 Å². The summed E-state index contributed by atoms with van der Waals surface area (Å²) in [5.74, 6) is 0.974. The number of fused-ring (bicyclic) bond motifs is 1. The summed E-state index contributed by atoms with van der Waals surface area (Å²) in [6.07, 6.45) is 0. The second-order valence-electron chi connectivity index (χ2n) is 7.91. The van der Waals surface area contributed by atoms with Gasteiger partial charge in [0.15, 0.2) is 0 Å². The maximum Gasteiger partial charge on any atom is 0.243 e. The highest BCUT2D eigenvalue weighted by Crippen LogP contribution is 2.35. The Morgan fingerprint density at radius 3 is 2.05 bits per heavy atom. The Hall–Kier alpha value is -0.910. The van der Waals surface area contributed by atoms with Crippen molar-refractivity contribution < 1.29 is 8.42 Å². The minimum atomic E-state index is -3.32. The Morgan fingerprint density at radius 1 is 1.00 bits per heavy atom. The van der Waals surface area contributed by atoms with Gasteiger partial charge in [-0.3, -0.25) is 0 Å². The van der Waals surface area contributed by atoms with Gasteiger partial charge < -0.3 is 4.90 Å². The summed E-state index contributed by atoms with van der Waals surface area (Å²) < 4.78 is 27.1. The quantitative estimate of drug-likeness (QED) is 0.857. The average molecular weight is 322 g/mol. The van der Waals surface area contributed by atoms with Crippen LogP contribution in [0, 0.1) is 17.3 Å². The van der Waals surface area contributed by atoms with E-state index in [1.165, 1.54) is 0 Å².